The number of aliphatic hydroxyl groups excluding tert-OH is 2. The van der Waals surface area contributed by atoms with Crippen LogP contribution in [0.1, 0.15) is 13.8 Å². The maximum absolute atomic E-state index is 12.8. The van der Waals surface area contributed by atoms with Crippen LogP contribution in [0.2, 0.25) is 0 Å². The Hall–Kier alpha value is -0.360. The summed E-state index contributed by atoms with van der Waals surface area (Å²) in [5.74, 6) is -1.27. The van der Waals surface area contributed by atoms with Crippen molar-refractivity contribution in [2.45, 2.75) is 25.7 Å². The molecule has 0 fully saturated rings. The van der Waals surface area contributed by atoms with E-state index in [0.717, 1.165) is 21.0 Å². The van der Waals surface area contributed by atoms with E-state index >= 15 is 0 Å². The van der Waals surface area contributed by atoms with Gasteiger partial charge in [0.15, 0.2) is 0 Å². The summed E-state index contributed by atoms with van der Waals surface area (Å²) in [5, 5.41) is 15.2. The molecule has 0 radical (unpaired) electrons. The van der Waals surface area contributed by atoms with Crippen LogP contribution in [-0.2, 0) is 0 Å². The first-order chi connectivity index (χ1) is 5.75. The molecule has 0 rings (SSSR count). The molecule has 0 saturated heterocycles. The zero-order chi connectivity index (χ0) is 11.3. The van der Waals surface area contributed by atoms with Gasteiger partial charge in [-0.05, 0) is 5.92 Å². The average molecular weight is 206 g/mol. The normalized spacial score (nSPS) is 16.2. The fourth-order valence-electron chi connectivity index (χ4n) is 0.600. The maximum atomic E-state index is 12.8. The van der Waals surface area contributed by atoms with E-state index in [4.69, 9.17) is 10.2 Å². The third kappa shape index (κ3) is 3.48. The first kappa shape index (κ1) is 15.1. The Morgan fingerprint density at radius 1 is 1.08 bits per heavy atom. The largest absolute Gasteiger partial charge is 0.425 e. The van der Waals surface area contributed by atoms with E-state index in [2.05, 4.69) is 0 Å². The highest BCUT2D eigenvalue weighted by molar-refractivity contribution is 4.89. The molecule has 0 spiro atoms. The lowest BCUT2D eigenvalue weighted by Gasteiger charge is -2.29. The van der Waals surface area contributed by atoms with Gasteiger partial charge in [0, 0.05) is 7.11 Å². The lowest BCUT2D eigenvalue weighted by atomic mass is 9.93. The van der Waals surface area contributed by atoms with Gasteiger partial charge in [-0.15, -0.1) is 0 Å². The summed E-state index contributed by atoms with van der Waals surface area (Å²) in [5.41, 5.74) is -3.47. The van der Waals surface area contributed by atoms with E-state index in [-0.39, 0.29) is 0 Å². The van der Waals surface area contributed by atoms with Crippen LogP contribution in [-0.4, -0.2) is 35.8 Å². The van der Waals surface area contributed by atoms with E-state index in [1.807, 2.05) is 0 Å². The van der Waals surface area contributed by atoms with Crippen molar-refractivity contribution in [1.29, 1.82) is 0 Å². The Bertz CT molecular complexity index is 135. The molecule has 2 nitrogen and oxygen atoms in total. The second-order valence-electron chi connectivity index (χ2n) is 2.67. The SMILES string of the molecule is CC(C)C(F)(CO)C(F)(F)F.CO. The van der Waals surface area contributed by atoms with E-state index in [1.54, 1.807) is 0 Å². The molecule has 6 heteroatoms. The van der Waals surface area contributed by atoms with Gasteiger partial charge in [-0.25, -0.2) is 4.39 Å². The minimum absolute atomic E-state index is 1.00. The van der Waals surface area contributed by atoms with Crippen LogP contribution in [0.3, 0.4) is 0 Å². The predicted octanol–water partition coefficient (Wildman–Crippen LogP) is 1.51. The molecule has 0 saturated carbocycles. The van der Waals surface area contributed by atoms with Gasteiger partial charge in [-0.3, -0.25) is 0 Å². The minimum atomic E-state index is -4.99. The zero-order valence-corrected chi connectivity index (χ0v) is 7.69. The Morgan fingerprint density at radius 2 is 1.38 bits per heavy atom. The van der Waals surface area contributed by atoms with Gasteiger partial charge < -0.3 is 10.2 Å². The van der Waals surface area contributed by atoms with E-state index < -0.39 is 24.4 Å². The van der Waals surface area contributed by atoms with Crippen LogP contribution in [0.15, 0.2) is 0 Å². The minimum Gasteiger partial charge on any atom is -0.400 e. The second kappa shape index (κ2) is 5.39. The van der Waals surface area contributed by atoms with Crippen molar-refractivity contribution in [2.24, 2.45) is 5.92 Å². The summed E-state index contributed by atoms with van der Waals surface area (Å²) in [7, 11) is 1.00. The van der Waals surface area contributed by atoms with Gasteiger partial charge in [0.25, 0.3) is 0 Å². The Morgan fingerprint density at radius 3 is 1.38 bits per heavy atom. The fourth-order valence-corrected chi connectivity index (χ4v) is 0.600. The van der Waals surface area contributed by atoms with Gasteiger partial charge >= 0.3 is 6.18 Å². The van der Waals surface area contributed by atoms with Crippen LogP contribution in [0.25, 0.3) is 0 Å². The number of alkyl halides is 4. The quantitative estimate of drug-likeness (QED) is 0.672. The molecule has 82 valence electrons. The number of rotatable bonds is 2. The standard InChI is InChI=1S/C6H10F4O.CH4O/c1-4(2)5(7,3-11)6(8,9)10;1-2/h4,11H,3H2,1-2H3;2H,1H3. The topological polar surface area (TPSA) is 40.5 Å². The van der Waals surface area contributed by atoms with Crippen LogP contribution in [0, 0.1) is 5.92 Å². The number of hydrogen-bond acceptors (Lipinski definition) is 2. The summed E-state index contributed by atoms with van der Waals surface area (Å²) >= 11 is 0. The molecule has 0 aliphatic carbocycles. The van der Waals surface area contributed by atoms with Crippen LogP contribution in [0.4, 0.5) is 17.6 Å². The van der Waals surface area contributed by atoms with Gasteiger partial charge in [-0.1, -0.05) is 13.8 Å². The molecule has 0 bridgehead atoms. The van der Waals surface area contributed by atoms with Crippen LogP contribution < -0.4 is 0 Å². The van der Waals surface area contributed by atoms with Gasteiger partial charge in [0.05, 0.1) is 6.61 Å². The number of halogens is 4. The Kier molecular flexibility index (Phi) is 6.27. The van der Waals surface area contributed by atoms with Crippen LogP contribution >= 0.6 is 0 Å². The molecule has 0 aliphatic heterocycles. The first-order valence-electron chi connectivity index (χ1n) is 3.57. The molecule has 0 aromatic rings. The van der Waals surface area contributed by atoms with Crippen molar-refractivity contribution in [2.75, 3.05) is 13.7 Å². The molecule has 0 aliphatic rings. The lowest BCUT2D eigenvalue weighted by Crippen LogP contribution is -2.48. The van der Waals surface area contributed by atoms with Crippen molar-refractivity contribution >= 4 is 0 Å². The highest BCUT2D eigenvalue weighted by Crippen LogP contribution is 2.39. The molecule has 0 amide bonds. The fraction of sp³-hybridized carbons (Fsp3) is 1.00. The summed E-state index contributed by atoms with van der Waals surface area (Å²) in [6.07, 6.45) is -4.99. The molecular weight excluding hydrogens is 192 g/mol. The summed E-state index contributed by atoms with van der Waals surface area (Å²) in [4.78, 5) is 0. The monoisotopic (exact) mass is 206 g/mol. The summed E-state index contributed by atoms with van der Waals surface area (Å²) < 4.78 is 48.2. The second-order valence-corrected chi connectivity index (χ2v) is 2.67. The maximum Gasteiger partial charge on any atom is 0.425 e. The smallest absolute Gasteiger partial charge is 0.400 e. The zero-order valence-electron chi connectivity index (χ0n) is 7.69. The van der Waals surface area contributed by atoms with Gasteiger partial charge in [-0.2, -0.15) is 13.2 Å². The molecule has 2 N–H and O–H groups in total. The molecule has 0 heterocycles. The van der Waals surface area contributed by atoms with Gasteiger partial charge in [0.1, 0.15) is 0 Å². The summed E-state index contributed by atoms with van der Waals surface area (Å²) in [6.45, 7) is 0.627. The van der Waals surface area contributed by atoms with Gasteiger partial charge in [0.2, 0.25) is 5.67 Å². The lowest BCUT2D eigenvalue weighted by molar-refractivity contribution is -0.255. The predicted molar refractivity (Wildman–Crippen MR) is 40.0 cm³/mol. The molecular formula is C7H14F4O2. The molecule has 1 unspecified atom stereocenters. The Labute approximate surface area is 74.2 Å². The highest BCUT2D eigenvalue weighted by atomic mass is 19.4. The van der Waals surface area contributed by atoms with Crippen molar-refractivity contribution < 1.29 is 27.8 Å². The highest BCUT2D eigenvalue weighted by Gasteiger charge is 2.57. The molecule has 13 heavy (non-hydrogen) atoms. The number of aliphatic hydroxyl groups is 2. The van der Waals surface area contributed by atoms with Crippen molar-refractivity contribution in [1.82, 2.24) is 0 Å². The van der Waals surface area contributed by atoms with Crippen molar-refractivity contribution in [3.63, 3.8) is 0 Å². The first-order valence-corrected chi connectivity index (χ1v) is 3.57. The Balaban J connectivity index is 0. The molecule has 1 atom stereocenters. The number of hydrogen-bond donors (Lipinski definition) is 2. The van der Waals surface area contributed by atoms with E-state index in [0.29, 0.717) is 0 Å². The third-order valence-electron chi connectivity index (χ3n) is 1.62. The average Bonchev–Trinajstić information content (AvgIpc) is 2.04. The molecule has 0 aromatic heterocycles. The van der Waals surface area contributed by atoms with Crippen LogP contribution in [0.5, 0.6) is 0 Å². The summed E-state index contributed by atoms with van der Waals surface area (Å²) in [6, 6.07) is 0. The van der Waals surface area contributed by atoms with Crippen molar-refractivity contribution in [3.05, 3.63) is 0 Å². The van der Waals surface area contributed by atoms with Crippen molar-refractivity contribution in [3.8, 4) is 0 Å². The third-order valence-corrected chi connectivity index (χ3v) is 1.62. The molecule has 0 aromatic carbocycles. The van der Waals surface area contributed by atoms with E-state index in [1.165, 1.54) is 0 Å². The van der Waals surface area contributed by atoms with E-state index in [9.17, 15) is 17.6 Å².